The second-order valence-electron chi connectivity index (χ2n) is 9.42. The van der Waals surface area contributed by atoms with E-state index in [1.165, 1.54) is 12.8 Å². The molecule has 0 bridgehead atoms. The Morgan fingerprint density at radius 1 is 1.06 bits per heavy atom. The van der Waals surface area contributed by atoms with Crippen molar-refractivity contribution in [3.8, 4) is 28.2 Å². The fraction of sp³-hybridized carbons (Fsp3) is 0.143. The van der Waals surface area contributed by atoms with Crippen molar-refractivity contribution in [3.05, 3.63) is 85.5 Å². The van der Waals surface area contributed by atoms with Crippen LogP contribution in [0, 0.1) is 12.8 Å². The molecule has 1 aliphatic carbocycles. The number of fused-ring (bicyclic) bond motifs is 2. The van der Waals surface area contributed by atoms with Crippen molar-refractivity contribution < 1.29 is 0 Å². The highest BCUT2D eigenvalue weighted by Gasteiger charge is 2.24. The Kier molecular flexibility index (Phi) is 4.54. The number of hydrogen-bond donors (Lipinski definition) is 3. The maximum Gasteiger partial charge on any atom is 0.181 e. The summed E-state index contributed by atoms with van der Waals surface area (Å²) in [5.41, 5.74) is 9.56. The van der Waals surface area contributed by atoms with Gasteiger partial charge in [-0.15, -0.1) is 0 Å². The summed E-state index contributed by atoms with van der Waals surface area (Å²) < 4.78 is 2.05. The summed E-state index contributed by atoms with van der Waals surface area (Å²) in [6, 6.07) is 12.6. The normalized spacial score (nSPS) is 13.5. The van der Waals surface area contributed by atoms with Crippen molar-refractivity contribution in [1.82, 2.24) is 34.7 Å². The minimum absolute atomic E-state index is 0.579. The molecule has 0 atom stereocenters. The minimum atomic E-state index is 0.579. The van der Waals surface area contributed by atoms with Crippen LogP contribution in [0.25, 0.3) is 50.1 Å². The van der Waals surface area contributed by atoms with E-state index in [-0.39, 0.29) is 0 Å². The largest absolute Gasteiger partial charge is 0.358 e. The third kappa shape index (κ3) is 3.54. The Morgan fingerprint density at radius 3 is 2.78 bits per heavy atom. The van der Waals surface area contributed by atoms with Gasteiger partial charge in [-0.3, -0.25) is 10.1 Å². The Hall–Kier alpha value is -4.72. The first-order valence-corrected chi connectivity index (χ1v) is 12.0. The summed E-state index contributed by atoms with van der Waals surface area (Å²) in [5.74, 6) is 0.579. The van der Waals surface area contributed by atoms with Crippen molar-refractivity contribution >= 4 is 27.6 Å². The fourth-order valence-corrected chi connectivity index (χ4v) is 4.70. The van der Waals surface area contributed by atoms with Gasteiger partial charge in [0.1, 0.15) is 0 Å². The highest BCUT2D eigenvalue weighted by Crippen LogP contribution is 2.36. The van der Waals surface area contributed by atoms with E-state index in [1.807, 2.05) is 48.7 Å². The number of nitrogens with one attached hydrogen (secondary N) is 3. The number of hydrogen-bond acceptors (Lipinski definition) is 5. The molecule has 0 saturated heterocycles. The zero-order valence-electron chi connectivity index (χ0n) is 19.8. The van der Waals surface area contributed by atoms with Gasteiger partial charge in [-0.25, -0.2) is 9.97 Å². The van der Waals surface area contributed by atoms with Crippen LogP contribution < -0.4 is 5.32 Å². The second kappa shape index (κ2) is 7.91. The van der Waals surface area contributed by atoms with E-state index in [9.17, 15) is 0 Å². The van der Waals surface area contributed by atoms with Gasteiger partial charge >= 0.3 is 0 Å². The summed E-state index contributed by atoms with van der Waals surface area (Å²) in [4.78, 5) is 17.0. The van der Waals surface area contributed by atoms with Gasteiger partial charge in [0.25, 0.3) is 0 Å². The summed E-state index contributed by atoms with van der Waals surface area (Å²) in [6.07, 6.45) is 11.8. The monoisotopic (exact) mass is 472 g/mol. The number of aryl methyl sites for hydroxylation is 1. The zero-order valence-corrected chi connectivity index (χ0v) is 19.8. The summed E-state index contributed by atoms with van der Waals surface area (Å²) in [7, 11) is 0. The highest BCUT2D eigenvalue weighted by atomic mass is 15.2. The Morgan fingerprint density at radius 2 is 1.94 bits per heavy atom. The lowest BCUT2D eigenvalue weighted by Crippen LogP contribution is -2.00. The van der Waals surface area contributed by atoms with Crippen LogP contribution in [0.4, 0.5) is 5.69 Å². The number of H-pyrrole nitrogens is 2. The first-order valence-electron chi connectivity index (χ1n) is 12.0. The molecule has 0 unspecified atom stereocenters. The molecule has 0 amide bonds. The molecular weight excluding hydrogens is 448 g/mol. The molecule has 5 aromatic heterocycles. The van der Waals surface area contributed by atoms with Gasteiger partial charge in [-0.1, -0.05) is 12.6 Å². The van der Waals surface area contributed by atoms with E-state index in [2.05, 4.69) is 72.4 Å². The second-order valence-corrected chi connectivity index (χ2v) is 9.42. The molecule has 36 heavy (non-hydrogen) atoms. The van der Waals surface area contributed by atoms with Crippen LogP contribution in [0.1, 0.15) is 18.5 Å². The molecule has 0 aliphatic heterocycles. The maximum absolute atomic E-state index is 4.62. The molecule has 1 aromatic carbocycles. The predicted molar refractivity (Wildman–Crippen MR) is 142 cm³/mol. The van der Waals surface area contributed by atoms with E-state index >= 15 is 0 Å². The lowest BCUT2D eigenvalue weighted by atomic mass is 10.1. The third-order valence-electron chi connectivity index (χ3n) is 6.76. The van der Waals surface area contributed by atoms with Crippen LogP contribution in [0.3, 0.4) is 0 Å². The van der Waals surface area contributed by atoms with Gasteiger partial charge in [-0.2, -0.15) is 5.10 Å². The highest BCUT2D eigenvalue weighted by molar-refractivity contribution is 5.98. The lowest BCUT2D eigenvalue weighted by molar-refractivity contribution is 1.02. The Bertz CT molecular complexity index is 1770. The average Bonchev–Trinajstić information content (AvgIpc) is 3.30. The third-order valence-corrected chi connectivity index (χ3v) is 6.76. The SMILES string of the molecule is C=C(Nc1cncc(-c2cnc3n[nH]c(-c4cc5c(-n6cnc(C)c6)cccc5[nH]4)c3c2)c1)C1CC1. The van der Waals surface area contributed by atoms with Gasteiger partial charge in [0.15, 0.2) is 5.65 Å². The minimum Gasteiger partial charge on any atom is -0.358 e. The van der Waals surface area contributed by atoms with E-state index in [4.69, 9.17) is 0 Å². The molecule has 3 N–H and O–H groups in total. The average molecular weight is 473 g/mol. The number of benzene rings is 1. The standard InChI is InChI=1S/C28H24N8/c1-16-14-36(15-31-16)26-5-3-4-24-22(26)10-25(33-24)27-23-9-20(12-30-28(23)35-34-27)19-8-21(13-29-11-19)32-17(2)18-6-7-18/h3-5,8-15,18,32-33H,2,6-7H2,1H3,(H,30,34,35). The smallest absolute Gasteiger partial charge is 0.181 e. The molecule has 0 radical (unpaired) electrons. The van der Waals surface area contributed by atoms with Gasteiger partial charge in [0, 0.05) is 51.7 Å². The number of aromatic amines is 2. The van der Waals surface area contributed by atoms with Crippen LogP contribution in [-0.2, 0) is 0 Å². The molecule has 7 rings (SSSR count). The quantitative estimate of drug-likeness (QED) is 0.276. The number of nitrogens with zero attached hydrogens (tertiary/aromatic N) is 5. The van der Waals surface area contributed by atoms with Crippen molar-refractivity contribution in [2.45, 2.75) is 19.8 Å². The summed E-state index contributed by atoms with van der Waals surface area (Å²) >= 11 is 0. The maximum atomic E-state index is 4.62. The van der Waals surface area contributed by atoms with Gasteiger partial charge in [0.05, 0.1) is 41.0 Å². The zero-order chi connectivity index (χ0) is 24.2. The Labute approximate surface area is 207 Å². The summed E-state index contributed by atoms with van der Waals surface area (Å²) in [6.45, 7) is 6.16. The molecule has 5 heterocycles. The van der Waals surface area contributed by atoms with Gasteiger partial charge in [-0.05, 0) is 56.0 Å². The number of allylic oxidation sites excluding steroid dienone is 1. The van der Waals surface area contributed by atoms with Crippen molar-refractivity contribution in [3.63, 3.8) is 0 Å². The van der Waals surface area contributed by atoms with Crippen molar-refractivity contribution in [2.24, 2.45) is 5.92 Å². The molecule has 8 heteroatoms. The van der Waals surface area contributed by atoms with Gasteiger partial charge in [0.2, 0.25) is 0 Å². The lowest BCUT2D eigenvalue weighted by Gasteiger charge is -2.09. The van der Waals surface area contributed by atoms with E-state index in [0.29, 0.717) is 11.6 Å². The van der Waals surface area contributed by atoms with Crippen LogP contribution in [-0.4, -0.2) is 34.7 Å². The van der Waals surface area contributed by atoms with E-state index < -0.39 is 0 Å². The first kappa shape index (κ1) is 20.6. The number of imidazole rings is 1. The predicted octanol–water partition coefficient (Wildman–Crippen LogP) is 6.00. The topological polar surface area (TPSA) is 100 Å². The number of aromatic nitrogens is 7. The first-order chi connectivity index (χ1) is 17.6. The van der Waals surface area contributed by atoms with Crippen LogP contribution in [0.5, 0.6) is 0 Å². The van der Waals surface area contributed by atoms with Gasteiger partial charge < -0.3 is 14.9 Å². The van der Waals surface area contributed by atoms with E-state index in [1.54, 1.807) is 0 Å². The van der Waals surface area contributed by atoms with Crippen LogP contribution >= 0.6 is 0 Å². The molecule has 1 fully saturated rings. The van der Waals surface area contributed by atoms with Crippen LogP contribution in [0.2, 0.25) is 0 Å². The Balaban J connectivity index is 1.28. The number of pyridine rings is 2. The van der Waals surface area contributed by atoms with E-state index in [0.717, 1.165) is 61.6 Å². The molecule has 6 aromatic rings. The van der Waals surface area contributed by atoms with Crippen molar-refractivity contribution in [2.75, 3.05) is 5.32 Å². The molecule has 176 valence electrons. The summed E-state index contributed by atoms with van der Waals surface area (Å²) in [5, 5.41) is 13.1. The fourth-order valence-electron chi connectivity index (χ4n) is 4.70. The molecular formula is C28H24N8. The molecule has 1 aliphatic rings. The molecule has 1 saturated carbocycles. The number of rotatable bonds is 6. The molecule has 0 spiro atoms. The number of anilines is 1. The van der Waals surface area contributed by atoms with Crippen molar-refractivity contribution in [1.29, 1.82) is 0 Å². The van der Waals surface area contributed by atoms with Crippen LogP contribution in [0.15, 0.2) is 79.8 Å². The molecule has 8 nitrogen and oxygen atoms in total.